The predicted molar refractivity (Wildman–Crippen MR) is 109 cm³/mol. The van der Waals surface area contributed by atoms with Gasteiger partial charge >= 0.3 is 5.97 Å². The van der Waals surface area contributed by atoms with E-state index < -0.39 is 0 Å². The smallest absolute Gasteiger partial charge is 0.338 e. The molecule has 2 aromatic carbocycles. The second-order valence-corrected chi connectivity index (χ2v) is 8.17. The number of carbonyl (C=O) groups is 1. The first-order chi connectivity index (χ1) is 14.1. The van der Waals surface area contributed by atoms with Crippen LogP contribution in [0.1, 0.15) is 34.3 Å². The van der Waals surface area contributed by atoms with Crippen molar-refractivity contribution in [3.63, 3.8) is 0 Å². The highest BCUT2D eigenvalue weighted by atomic mass is 16.6. The first kappa shape index (κ1) is 18.3. The first-order valence-electron chi connectivity index (χ1n) is 10.1. The van der Waals surface area contributed by atoms with Gasteiger partial charge in [0.1, 0.15) is 12.2 Å². The molecule has 0 saturated carbocycles. The van der Waals surface area contributed by atoms with Crippen molar-refractivity contribution in [3.8, 4) is 11.5 Å². The Morgan fingerprint density at radius 3 is 2.83 bits per heavy atom. The molecule has 5 nitrogen and oxygen atoms in total. The summed E-state index contributed by atoms with van der Waals surface area (Å²) in [7, 11) is 3.83. The fourth-order valence-electron chi connectivity index (χ4n) is 4.93. The van der Waals surface area contributed by atoms with Gasteiger partial charge in [-0.25, -0.2) is 4.79 Å². The standard InChI is InChI=1S/C24H25NO4/c1-25-13-12-24-11-10-18(28-23(26)16-6-4-3-5-7-16)14-20(24)29-22-19(27-2)9-8-17(15-25)21(22)24/h3-11,18,20H,12-15H2,1-2H3/t18-,20-,24-/m0/s1. The predicted octanol–water partition coefficient (Wildman–Crippen LogP) is 3.72. The molecule has 0 fully saturated rings. The van der Waals surface area contributed by atoms with Crippen molar-refractivity contribution < 1.29 is 19.0 Å². The third kappa shape index (κ3) is 2.92. The highest BCUT2D eigenvalue weighted by Crippen LogP contribution is 2.55. The quantitative estimate of drug-likeness (QED) is 0.590. The summed E-state index contributed by atoms with van der Waals surface area (Å²) >= 11 is 0. The molecule has 3 atom stereocenters. The maximum atomic E-state index is 12.5. The molecule has 0 unspecified atom stereocenters. The van der Waals surface area contributed by atoms with Crippen LogP contribution in [0.15, 0.2) is 54.6 Å². The molecular weight excluding hydrogens is 366 g/mol. The summed E-state index contributed by atoms with van der Waals surface area (Å²) in [6.45, 7) is 1.87. The zero-order valence-electron chi connectivity index (χ0n) is 16.8. The van der Waals surface area contributed by atoms with Gasteiger partial charge in [0, 0.05) is 18.5 Å². The van der Waals surface area contributed by atoms with E-state index in [0.717, 1.165) is 31.0 Å². The fraction of sp³-hybridized carbons (Fsp3) is 0.375. The van der Waals surface area contributed by atoms with Crippen molar-refractivity contribution in [2.75, 3.05) is 20.7 Å². The largest absolute Gasteiger partial charge is 0.493 e. The van der Waals surface area contributed by atoms with Crippen molar-refractivity contribution in [1.29, 1.82) is 0 Å². The zero-order chi connectivity index (χ0) is 20.0. The van der Waals surface area contributed by atoms with Gasteiger partial charge < -0.3 is 19.1 Å². The topological polar surface area (TPSA) is 48.0 Å². The Morgan fingerprint density at radius 2 is 2.03 bits per heavy atom. The van der Waals surface area contributed by atoms with Crippen LogP contribution in [0.3, 0.4) is 0 Å². The Labute approximate surface area is 170 Å². The molecular formula is C24H25NO4. The van der Waals surface area contributed by atoms with Crippen molar-refractivity contribution in [2.45, 2.75) is 37.0 Å². The third-order valence-electron chi connectivity index (χ3n) is 6.40. The third-order valence-corrected chi connectivity index (χ3v) is 6.40. The molecule has 2 aliphatic heterocycles. The van der Waals surface area contributed by atoms with E-state index in [1.54, 1.807) is 19.2 Å². The highest BCUT2D eigenvalue weighted by Gasteiger charge is 2.53. The maximum Gasteiger partial charge on any atom is 0.338 e. The summed E-state index contributed by atoms with van der Waals surface area (Å²) in [5, 5.41) is 0. The number of carbonyl (C=O) groups excluding carboxylic acids is 1. The summed E-state index contributed by atoms with van der Waals surface area (Å²) in [6, 6.07) is 13.3. The second-order valence-electron chi connectivity index (χ2n) is 8.17. The molecule has 3 aliphatic rings. The minimum absolute atomic E-state index is 0.0716. The minimum Gasteiger partial charge on any atom is -0.493 e. The molecule has 0 bridgehead atoms. The van der Waals surface area contributed by atoms with Gasteiger partial charge in [0.25, 0.3) is 0 Å². The number of methoxy groups -OCH3 is 1. The Morgan fingerprint density at radius 1 is 1.21 bits per heavy atom. The lowest BCUT2D eigenvalue weighted by atomic mass is 9.69. The lowest BCUT2D eigenvalue weighted by Crippen LogP contribution is -2.43. The monoisotopic (exact) mass is 391 g/mol. The van der Waals surface area contributed by atoms with Gasteiger partial charge in [0.15, 0.2) is 11.5 Å². The lowest BCUT2D eigenvalue weighted by Gasteiger charge is -2.36. The molecule has 2 aromatic rings. The highest BCUT2D eigenvalue weighted by molar-refractivity contribution is 5.89. The van der Waals surface area contributed by atoms with Crippen LogP contribution in [0.5, 0.6) is 11.5 Å². The van der Waals surface area contributed by atoms with Crippen molar-refractivity contribution >= 4 is 5.97 Å². The van der Waals surface area contributed by atoms with Gasteiger partial charge in [-0.1, -0.05) is 30.3 Å². The number of nitrogens with zero attached hydrogens (tertiary/aromatic N) is 1. The van der Waals surface area contributed by atoms with Crippen molar-refractivity contribution in [1.82, 2.24) is 4.90 Å². The minimum atomic E-state index is -0.303. The van der Waals surface area contributed by atoms with E-state index in [9.17, 15) is 4.79 Å². The van der Waals surface area contributed by atoms with Crippen LogP contribution in [0.2, 0.25) is 0 Å². The van der Waals surface area contributed by atoms with Crippen LogP contribution in [0.4, 0.5) is 0 Å². The summed E-state index contributed by atoms with van der Waals surface area (Å²) < 4.78 is 17.9. The fourth-order valence-corrected chi connectivity index (χ4v) is 4.93. The van der Waals surface area contributed by atoms with E-state index >= 15 is 0 Å². The van der Waals surface area contributed by atoms with Crippen molar-refractivity contribution in [2.24, 2.45) is 0 Å². The summed E-state index contributed by atoms with van der Waals surface area (Å²) in [5.74, 6) is 1.32. The first-order valence-corrected chi connectivity index (χ1v) is 10.1. The van der Waals surface area contributed by atoms with Crippen LogP contribution >= 0.6 is 0 Å². The van der Waals surface area contributed by atoms with E-state index in [4.69, 9.17) is 14.2 Å². The van der Waals surface area contributed by atoms with E-state index in [0.29, 0.717) is 12.0 Å². The van der Waals surface area contributed by atoms with E-state index in [1.165, 1.54) is 11.1 Å². The van der Waals surface area contributed by atoms with Crippen LogP contribution in [0.25, 0.3) is 0 Å². The molecule has 29 heavy (non-hydrogen) atoms. The second kappa shape index (κ2) is 6.92. The Balaban J connectivity index is 1.48. The lowest BCUT2D eigenvalue weighted by molar-refractivity contribution is 0.0218. The van der Waals surface area contributed by atoms with E-state index in [2.05, 4.69) is 24.1 Å². The molecule has 0 radical (unpaired) electrons. The van der Waals surface area contributed by atoms with Gasteiger partial charge in [-0.2, -0.15) is 0 Å². The van der Waals surface area contributed by atoms with E-state index in [-0.39, 0.29) is 23.6 Å². The van der Waals surface area contributed by atoms with Gasteiger partial charge in [0.2, 0.25) is 0 Å². The molecule has 0 aromatic heterocycles. The van der Waals surface area contributed by atoms with E-state index in [1.807, 2.05) is 30.3 Å². The number of benzene rings is 2. The van der Waals surface area contributed by atoms with Gasteiger partial charge in [-0.05, 0) is 49.9 Å². The number of hydrogen-bond acceptors (Lipinski definition) is 5. The molecule has 1 spiro atoms. The zero-order valence-corrected chi connectivity index (χ0v) is 16.8. The molecule has 5 heteroatoms. The Hall–Kier alpha value is -2.79. The van der Waals surface area contributed by atoms with Gasteiger partial charge in [-0.3, -0.25) is 0 Å². The number of rotatable bonds is 3. The summed E-state index contributed by atoms with van der Waals surface area (Å²) in [6.07, 6.45) is 5.50. The average molecular weight is 391 g/mol. The van der Waals surface area contributed by atoms with Crippen LogP contribution < -0.4 is 9.47 Å². The maximum absolute atomic E-state index is 12.5. The van der Waals surface area contributed by atoms with Gasteiger partial charge in [-0.15, -0.1) is 0 Å². The van der Waals surface area contributed by atoms with Gasteiger partial charge in [0.05, 0.1) is 18.1 Å². The average Bonchev–Trinajstić information content (AvgIpc) is 3.00. The molecule has 150 valence electrons. The number of ether oxygens (including phenoxy) is 3. The van der Waals surface area contributed by atoms with Crippen LogP contribution in [-0.2, 0) is 16.7 Å². The summed E-state index contributed by atoms with van der Waals surface area (Å²) in [4.78, 5) is 14.9. The molecule has 2 heterocycles. The summed E-state index contributed by atoms with van der Waals surface area (Å²) in [5.41, 5.74) is 2.90. The Bertz CT molecular complexity index is 970. The normalized spacial score (nSPS) is 27.4. The molecule has 5 rings (SSSR count). The molecule has 0 amide bonds. The van der Waals surface area contributed by atoms with Crippen LogP contribution in [0, 0.1) is 0 Å². The number of hydrogen-bond donors (Lipinski definition) is 0. The van der Waals surface area contributed by atoms with Crippen molar-refractivity contribution in [3.05, 3.63) is 71.3 Å². The number of esters is 1. The molecule has 0 N–H and O–H groups in total. The Kier molecular flexibility index (Phi) is 4.36. The molecule has 1 aliphatic carbocycles. The SMILES string of the molecule is COc1ccc2c3c1O[C@H]1C[C@@H](OC(=O)c4ccccc4)C=C[C@@]31CCN(C)C2. The van der Waals surface area contributed by atoms with Crippen LogP contribution in [-0.4, -0.2) is 43.8 Å². The molecule has 0 saturated heterocycles.